The zero-order valence-electron chi connectivity index (χ0n) is 9.44. The van der Waals surface area contributed by atoms with E-state index in [9.17, 15) is 4.79 Å². The second-order valence-corrected chi connectivity index (χ2v) is 3.37. The van der Waals surface area contributed by atoms with Crippen molar-refractivity contribution in [3.05, 3.63) is 29.8 Å². The maximum Gasteiger partial charge on any atom is 0.338 e. The number of anilines is 1. The van der Waals surface area contributed by atoms with Gasteiger partial charge in [0.05, 0.1) is 12.2 Å². The minimum atomic E-state index is -0.368. The van der Waals surface area contributed by atoms with Crippen LogP contribution in [0.4, 0.5) is 5.69 Å². The van der Waals surface area contributed by atoms with Crippen LogP contribution in [0.1, 0.15) is 23.7 Å². The molecule has 0 atom stereocenters. The van der Waals surface area contributed by atoms with E-state index in [1.807, 2.05) is 6.92 Å². The third kappa shape index (κ3) is 4.31. The zero-order valence-corrected chi connectivity index (χ0v) is 9.44. The summed E-state index contributed by atoms with van der Waals surface area (Å²) >= 11 is 0. The van der Waals surface area contributed by atoms with Crippen molar-refractivity contribution in [2.24, 2.45) is 0 Å². The molecule has 0 saturated heterocycles. The number of hydrogen-bond acceptors (Lipinski definition) is 4. The summed E-state index contributed by atoms with van der Waals surface area (Å²) in [5.74, 6) is -0.368. The number of nitrogens with two attached hydrogens (primary N) is 1. The smallest absolute Gasteiger partial charge is 0.338 e. The minimum Gasteiger partial charge on any atom is -0.460 e. The van der Waals surface area contributed by atoms with Gasteiger partial charge < -0.3 is 15.2 Å². The number of carbonyl (C=O) groups is 1. The van der Waals surface area contributed by atoms with E-state index >= 15 is 0 Å². The van der Waals surface area contributed by atoms with Crippen LogP contribution in [0.15, 0.2) is 24.3 Å². The van der Waals surface area contributed by atoms with E-state index in [1.54, 1.807) is 24.3 Å². The average molecular weight is 223 g/mol. The van der Waals surface area contributed by atoms with E-state index in [4.69, 9.17) is 15.2 Å². The first kappa shape index (κ1) is 12.5. The summed E-state index contributed by atoms with van der Waals surface area (Å²) in [6, 6.07) is 6.71. The second-order valence-electron chi connectivity index (χ2n) is 3.37. The third-order valence-electron chi connectivity index (χ3n) is 1.93. The SMILES string of the molecule is CCCOCCOC(=O)c1cccc(N)c1. The molecule has 1 aromatic rings. The molecule has 0 aromatic heterocycles. The summed E-state index contributed by atoms with van der Waals surface area (Å²) in [7, 11) is 0. The number of carbonyl (C=O) groups excluding carboxylic acids is 1. The van der Waals surface area contributed by atoms with Crippen LogP contribution in [0.3, 0.4) is 0 Å². The number of esters is 1. The largest absolute Gasteiger partial charge is 0.460 e. The number of rotatable bonds is 6. The normalized spacial score (nSPS) is 10.1. The van der Waals surface area contributed by atoms with Crippen LogP contribution in [-0.4, -0.2) is 25.8 Å². The standard InChI is InChI=1S/C12H17NO3/c1-2-6-15-7-8-16-12(14)10-4-3-5-11(13)9-10/h3-5,9H,2,6-8,13H2,1H3. The fourth-order valence-corrected chi connectivity index (χ4v) is 1.19. The van der Waals surface area contributed by atoms with E-state index in [0.29, 0.717) is 24.5 Å². The van der Waals surface area contributed by atoms with Crippen molar-refractivity contribution >= 4 is 11.7 Å². The van der Waals surface area contributed by atoms with Gasteiger partial charge in [-0.3, -0.25) is 0 Å². The van der Waals surface area contributed by atoms with Crippen molar-refractivity contribution in [1.29, 1.82) is 0 Å². The summed E-state index contributed by atoms with van der Waals surface area (Å²) < 4.78 is 10.2. The summed E-state index contributed by atoms with van der Waals surface area (Å²) in [4.78, 5) is 11.5. The van der Waals surface area contributed by atoms with Crippen LogP contribution in [0.25, 0.3) is 0 Å². The van der Waals surface area contributed by atoms with Gasteiger partial charge in [0.1, 0.15) is 6.61 Å². The second kappa shape index (κ2) is 6.85. The van der Waals surface area contributed by atoms with Gasteiger partial charge in [0.2, 0.25) is 0 Å². The van der Waals surface area contributed by atoms with Gasteiger partial charge in [0.25, 0.3) is 0 Å². The lowest BCUT2D eigenvalue weighted by atomic mass is 10.2. The fourth-order valence-electron chi connectivity index (χ4n) is 1.19. The van der Waals surface area contributed by atoms with Crippen molar-refractivity contribution in [3.63, 3.8) is 0 Å². The van der Waals surface area contributed by atoms with Crippen LogP contribution in [0.2, 0.25) is 0 Å². The molecule has 2 N–H and O–H groups in total. The number of nitrogen functional groups attached to an aromatic ring is 1. The lowest BCUT2D eigenvalue weighted by Gasteiger charge is -2.05. The predicted octanol–water partition coefficient (Wildman–Crippen LogP) is 1.85. The van der Waals surface area contributed by atoms with Gasteiger partial charge in [0.15, 0.2) is 0 Å². The molecule has 0 radical (unpaired) electrons. The minimum absolute atomic E-state index is 0.271. The third-order valence-corrected chi connectivity index (χ3v) is 1.93. The van der Waals surface area contributed by atoms with Gasteiger partial charge in [-0.25, -0.2) is 4.79 Å². The van der Waals surface area contributed by atoms with Gasteiger partial charge >= 0.3 is 5.97 Å². The van der Waals surface area contributed by atoms with Crippen LogP contribution in [0.5, 0.6) is 0 Å². The molecule has 0 saturated carbocycles. The maximum absolute atomic E-state index is 11.5. The molecule has 0 fully saturated rings. The first-order chi connectivity index (χ1) is 7.74. The Labute approximate surface area is 95.3 Å². The van der Waals surface area contributed by atoms with Gasteiger partial charge in [-0.2, -0.15) is 0 Å². The van der Waals surface area contributed by atoms with Crippen LogP contribution in [-0.2, 0) is 9.47 Å². The molecule has 0 aliphatic heterocycles. The highest BCUT2D eigenvalue weighted by atomic mass is 16.6. The van der Waals surface area contributed by atoms with E-state index in [1.165, 1.54) is 0 Å². The Balaban J connectivity index is 2.30. The van der Waals surface area contributed by atoms with E-state index in [2.05, 4.69) is 0 Å². The molecule has 88 valence electrons. The number of benzene rings is 1. The zero-order chi connectivity index (χ0) is 11.8. The van der Waals surface area contributed by atoms with Gasteiger partial charge in [-0.15, -0.1) is 0 Å². The quantitative estimate of drug-likeness (QED) is 0.454. The molecule has 1 rings (SSSR count). The number of ether oxygens (including phenoxy) is 2. The molecule has 1 aromatic carbocycles. The highest BCUT2D eigenvalue weighted by Crippen LogP contribution is 2.07. The molecule has 4 nitrogen and oxygen atoms in total. The lowest BCUT2D eigenvalue weighted by molar-refractivity contribution is 0.0318. The van der Waals surface area contributed by atoms with Crippen molar-refractivity contribution in [3.8, 4) is 0 Å². The van der Waals surface area contributed by atoms with Crippen molar-refractivity contribution < 1.29 is 14.3 Å². The lowest BCUT2D eigenvalue weighted by Crippen LogP contribution is -2.11. The molecule has 0 amide bonds. The molecule has 16 heavy (non-hydrogen) atoms. The van der Waals surface area contributed by atoms with Gasteiger partial charge in [-0.1, -0.05) is 13.0 Å². The molecule has 0 aliphatic carbocycles. The maximum atomic E-state index is 11.5. The molecular weight excluding hydrogens is 206 g/mol. The molecule has 4 heteroatoms. The van der Waals surface area contributed by atoms with Gasteiger partial charge in [-0.05, 0) is 24.6 Å². The highest BCUT2D eigenvalue weighted by Gasteiger charge is 2.06. The Hall–Kier alpha value is -1.55. The molecule has 0 aliphatic rings. The van der Waals surface area contributed by atoms with E-state index < -0.39 is 0 Å². The molecule has 0 spiro atoms. The monoisotopic (exact) mass is 223 g/mol. The van der Waals surface area contributed by atoms with Gasteiger partial charge in [0, 0.05) is 12.3 Å². The van der Waals surface area contributed by atoms with E-state index in [-0.39, 0.29) is 12.6 Å². The summed E-state index contributed by atoms with van der Waals surface area (Å²) in [5.41, 5.74) is 6.58. The summed E-state index contributed by atoms with van der Waals surface area (Å²) in [6.45, 7) is 3.42. The topological polar surface area (TPSA) is 61.5 Å². The Morgan fingerprint density at radius 3 is 2.81 bits per heavy atom. The number of hydrogen-bond donors (Lipinski definition) is 1. The van der Waals surface area contributed by atoms with Crippen molar-refractivity contribution in [2.75, 3.05) is 25.6 Å². The molecule has 0 heterocycles. The Morgan fingerprint density at radius 1 is 1.31 bits per heavy atom. The van der Waals surface area contributed by atoms with Crippen molar-refractivity contribution in [1.82, 2.24) is 0 Å². The molecular formula is C12H17NO3. The molecule has 0 bridgehead atoms. The molecule has 0 unspecified atom stereocenters. The highest BCUT2D eigenvalue weighted by molar-refractivity contribution is 5.90. The summed E-state index contributed by atoms with van der Waals surface area (Å²) in [5, 5.41) is 0. The van der Waals surface area contributed by atoms with Crippen LogP contribution >= 0.6 is 0 Å². The summed E-state index contributed by atoms with van der Waals surface area (Å²) in [6.07, 6.45) is 0.961. The Morgan fingerprint density at radius 2 is 2.12 bits per heavy atom. The Bertz CT molecular complexity index is 339. The van der Waals surface area contributed by atoms with E-state index in [0.717, 1.165) is 6.42 Å². The Kier molecular flexibility index (Phi) is 5.36. The first-order valence-electron chi connectivity index (χ1n) is 5.34. The fraction of sp³-hybridized carbons (Fsp3) is 0.417. The van der Waals surface area contributed by atoms with Crippen LogP contribution in [0, 0.1) is 0 Å². The van der Waals surface area contributed by atoms with Crippen molar-refractivity contribution in [2.45, 2.75) is 13.3 Å². The average Bonchev–Trinajstić information content (AvgIpc) is 2.28. The predicted molar refractivity (Wildman–Crippen MR) is 62.2 cm³/mol. The van der Waals surface area contributed by atoms with Crippen LogP contribution < -0.4 is 5.73 Å². The first-order valence-corrected chi connectivity index (χ1v) is 5.34.